The fourth-order valence-corrected chi connectivity index (χ4v) is 2.28. The number of nitrogens with zero attached hydrogens (tertiary/aromatic N) is 1. The lowest BCUT2D eigenvalue weighted by Crippen LogP contribution is -2.31. The lowest BCUT2D eigenvalue weighted by atomic mass is 10.1. The van der Waals surface area contributed by atoms with E-state index < -0.39 is 0 Å². The molecule has 0 bridgehead atoms. The van der Waals surface area contributed by atoms with Gasteiger partial charge in [-0.1, -0.05) is 23.7 Å². The Morgan fingerprint density at radius 2 is 2.09 bits per heavy atom. The van der Waals surface area contributed by atoms with E-state index in [0.29, 0.717) is 5.15 Å². The van der Waals surface area contributed by atoms with E-state index in [9.17, 15) is 9.90 Å². The largest absolute Gasteiger partial charge is 0.508 e. The first kappa shape index (κ1) is 17.0. The minimum absolute atomic E-state index is 0.0574. The molecule has 4 nitrogen and oxygen atoms in total. The minimum atomic E-state index is -0.142. The highest BCUT2D eigenvalue weighted by molar-refractivity contribution is 6.29. The van der Waals surface area contributed by atoms with Gasteiger partial charge in [0.05, 0.1) is 0 Å². The van der Waals surface area contributed by atoms with Crippen LogP contribution in [-0.4, -0.2) is 22.0 Å². The Hall–Kier alpha value is -2.33. The van der Waals surface area contributed by atoms with Crippen LogP contribution in [0.2, 0.25) is 5.15 Å². The van der Waals surface area contributed by atoms with Gasteiger partial charge in [-0.15, -0.1) is 0 Å². The number of carbonyl (C=O) groups is 1. The molecule has 0 spiro atoms. The number of aryl methyl sites for hydroxylation is 1. The number of phenolic OH excluding ortho intramolecular Hbond substituents is 1. The van der Waals surface area contributed by atoms with Gasteiger partial charge in [-0.05, 0) is 61.2 Å². The summed E-state index contributed by atoms with van der Waals surface area (Å²) in [7, 11) is 0. The van der Waals surface area contributed by atoms with Gasteiger partial charge in [0, 0.05) is 18.3 Å². The second-order valence-corrected chi connectivity index (χ2v) is 5.75. The van der Waals surface area contributed by atoms with Gasteiger partial charge >= 0.3 is 0 Å². The van der Waals surface area contributed by atoms with Crippen molar-refractivity contribution < 1.29 is 9.90 Å². The molecule has 1 atom stereocenters. The molecule has 0 aliphatic carbocycles. The van der Waals surface area contributed by atoms with Crippen molar-refractivity contribution in [1.82, 2.24) is 10.3 Å². The van der Waals surface area contributed by atoms with Crippen LogP contribution in [-0.2, 0) is 11.2 Å². The molecule has 2 aromatic rings. The number of hydrogen-bond donors (Lipinski definition) is 2. The van der Waals surface area contributed by atoms with Crippen molar-refractivity contribution in [3.05, 3.63) is 65.0 Å². The molecule has 120 valence electrons. The number of amides is 1. The van der Waals surface area contributed by atoms with Crippen LogP contribution < -0.4 is 5.32 Å². The molecule has 2 N–H and O–H groups in total. The molecule has 0 saturated heterocycles. The standard InChI is InChI=1S/C18H19ClN2O2/c1-13(2-3-14-4-7-16(22)8-5-14)21-18(23)9-6-15-10-11-20-17(19)12-15/h4-13,22H,2-3H2,1H3,(H,21,23)/b9-6+. The fraction of sp³-hybridized carbons (Fsp3) is 0.222. The highest BCUT2D eigenvalue weighted by atomic mass is 35.5. The van der Waals surface area contributed by atoms with E-state index in [1.807, 2.05) is 19.1 Å². The first-order valence-electron chi connectivity index (χ1n) is 7.41. The van der Waals surface area contributed by atoms with Gasteiger partial charge < -0.3 is 10.4 Å². The third-order valence-corrected chi connectivity index (χ3v) is 3.58. The van der Waals surface area contributed by atoms with Gasteiger partial charge in [0.25, 0.3) is 0 Å². The maximum absolute atomic E-state index is 11.9. The average Bonchev–Trinajstić information content (AvgIpc) is 2.52. The Labute approximate surface area is 140 Å². The second-order valence-electron chi connectivity index (χ2n) is 5.36. The van der Waals surface area contributed by atoms with Gasteiger partial charge in [-0.25, -0.2) is 4.98 Å². The van der Waals surface area contributed by atoms with Crippen LogP contribution in [0.5, 0.6) is 5.75 Å². The number of aromatic hydroxyl groups is 1. The molecule has 0 saturated carbocycles. The summed E-state index contributed by atoms with van der Waals surface area (Å²) in [5.41, 5.74) is 1.96. The van der Waals surface area contributed by atoms with Crippen LogP contribution in [0.4, 0.5) is 0 Å². The lowest BCUT2D eigenvalue weighted by Gasteiger charge is -2.12. The Morgan fingerprint density at radius 1 is 1.35 bits per heavy atom. The summed E-state index contributed by atoms with van der Waals surface area (Å²) in [6.45, 7) is 1.97. The third-order valence-electron chi connectivity index (χ3n) is 3.37. The molecular weight excluding hydrogens is 312 g/mol. The third kappa shape index (κ3) is 6.12. The molecule has 1 unspecified atom stereocenters. The number of pyridine rings is 1. The van der Waals surface area contributed by atoms with E-state index in [1.54, 1.807) is 36.5 Å². The Kier molecular flexibility index (Phi) is 6.18. The van der Waals surface area contributed by atoms with E-state index >= 15 is 0 Å². The molecule has 23 heavy (non-hydrogen) atoms. The van der Waals surface area contributed by atoms with Crippen molar-refractivity contribution in [1.29, 1.82) is 0 Å². The van der Waals surface area contributed by atoms with Crippen molar-refractivity contribution in [2.24, 2.45) is 0 Å². The topological polar surface area (TPSA) is 62.2 Å². The van der Waals surface area contributed by atoms with E-state index in [4.69, 9.17) is 11.6 Å². The fourth-order valence-electron chi connectivity index (χ4n) is 2.10. The Balaban J connectivity index is 1.79. The number of benzene rings is 1. The number of rotatable bonds is 6. The van der Waals surface area contributed by atoms with Crippen LogP contribution in [0.15, 0.2) is 48.7 Å². The SMILES string of the molecule is CC(CCc1ccc(O)cc1)NC(=O)/C=C/c1ccnc(Cl)c1. The zero-order valence-electron chi connectivity index (χ0n) is 12.9. The molecule has 5 heteroatoms. The van der Waals surface area contributed by atoms with Crippen molar-refractivity contribution in [3.8, 4) is 5.75 Å². The van der Waals surface area contributed by atoms with Gasteiger partial charge in [0.2, 0.25) is 5.91 Å². The number of hydrogen-bond acceptors (Lipinski definition) is 3. The molecule has 1 amide bonds. The van der Waals surface area contributed by atoms with Crippen LogP contribution >= 0.6 is 11.6 Å². The first-order valence-corrected chi connectivity index (χ1v) is 7.79. The van der Waals surface area contributed by atoms with Crippen molar-refractivity contribution in [2.45, 2.75) is 25.8 Å². The van der Waals surface area contributed by atoms with Gasteiger partial charge in [0.1, 0.15) is 10.9 Å². The van der Waals surface area contributed by atoms with Gasteiger partial charge in [-0.3, -0.25) is 4.79 Å². The molecule has 1 aromatic carbocycles. The Morgan fingerprint density at radius 3 is 2.78 bits per heavy atom. The minimum Gasteiger partial charge on any atom is -0.508 e. The summed E-state index contributed by atoms with van der Waals surface area (Å²) in [6.07, 6.45) is 6.45. The molecule has 2 rings (SSSR count). The molecule has 0 aliphatic rings. The van der Waals surface area contributed by atoms with E-state index in [1.165, 1.54) is 6.08 Å². The van der Waals surface area contributed by atoms with E-state index in [0.717, 1.165) is 24.0 Å². The molecule has 0 aliphatic heterocycles. The maximum Gasteiger partial charge on any atom is 0.244 e. The second kappa shape index (κ2) is 8.34. The average molecular weight is 331 g/mol. The van der Waals surface area contributed by atoms with Gasteiger partial charge in [0.15, 0.2) is 0 Å². The summed E-state index contributed by atoms with van der Waals surface area (Å²) in [5, 5.41) is 12.6. The monoisotopic (exact) mass is 330 g/mol. The molecule has 1 aromatic heterocycles. The number of carbonyl (C=O) groups excluding carboxylic acids is 1. The lowest BCUT2D eigenvalue weighted by molar-refractivity contribution is -0.117. The first-order chi connectivity index (χ1) is 11.0. The van der Waals surface area contributed by atoms with E-state index in [-0.39, 0.29) is 17.7 Å². The van der Waals surface area contributed by atoms with Crippen molar-refractivity contribution in [3.63, 3.8) is 0 Å². The van der Waals surface area contributed by atoms with E-state index in [2.05, 4.69) is 10.3 Å². The molecule has 1 heterocycles. The number of phenols is 1. The zero-order chi connectivity index (χ0) is 16.7. The van der Waals surface area contributed by atoms with Crippen LogP contribution in [0, 0.1) is 0 Å². The molecule has 0 radical (unpaired) electrons. The summed E-state index contributed by atoms with van der Waals surface area (Å²) >= 11 is 5.79. The van der Waals surface area contributed by atoms with Crippen molar-refractivity contribution in [2.75, 3.05) is 0 Å². The highest BCUT2D eigenvalue weighted by Gasteiger charge is 2.05. The summed E-state index contributed by atoms with van der Waals surface area (Å²) < 4.78 is 0. The predicted octanol–water partition coefficient (Wildman–Crippen LogP) is 3.59. The summed E-state index contributed by atoms with van der Waals surface area (Å²) in [5.74, 6) is 0.118. The molecule has 0 fully saturated rings. The highest BCUT2D eigenvalue weighted by Crippen LogP contribution is 2.12. The summed E-state index contributed by atoms with van der Waals surface area (Å²) in [6, 6.07) is 10.6. The zero-order valence-corrected chi connectivity index (χ0v) is 13.6. The summed E-state index contributed by atoms with van der Waals surface area (Å²) in [4.78, 5) is 15.8. The quantitative estimate of drug-likeness (QED) is 0.628. The number of aromatic nitrogens is 1. The normalized spacial score (nSPS) is 12.3. The smallest absolute Gasteiger partial charge is 0.244 e. The maximum atomic E-state index is 11.9. The number of nitrogens with one attached hydrogen (secondary N) is 1. The number of halogens is 1. The van der Waals surface area contributed by atoms with Crippen LogP contribution in [0.1, 0.15) is 24.5 Å². The van der Waals surface area contributed by atoms with Gasteiger partial charge in [-0.2, -0.15) is 0 Å². The van der Waals surface area contributed by atoms with Crippen LogP contribution in [0.3, 0.4) is 0 Å². The Bertz CT molecular complexity index is 684. The predicted molar refractivity (Wildman–Crippen MR) is 92.3 cm³/mol. The molecular formula is C18H19ClN2O2. The van der Waals surface area contributed by atoms with Crippen molar-refractivity contribution >= 4 is 23.6 Å². The van der Waals surface area contributed by atoms with Crippen LogP contribution in [0.25, 0.3) is 6.08 Å².